The van der Waals surface area contributed by atoms with Crippen LogP contribution in [0.15, 0.2) is 11.8 Å². The SMILES string of the molecule is CC(C)(C)C1C(O)=CC(=O)N1CCC1CCCC1. The van der Waals surface area contributed by atoms with E-state index in [2.05, 4.69) is 20.8 Å². The Balaban J connectivity index is 1.99. The number of hydrogen-bond donors (Lipinski definition) is 1. The summed E-state index contributed by atoms with van der Waals surface area (Å²) in [4.78, 5) is 13.8. The molecule has 18 heavy (non-hydrogen) atoms. The van der Waals surface area contributed by atoms with Gasteiger partial charge in [-0.25, -0.2) is 0 Å². The Morgan fingerprint density at radius 3 is 2.50 bits per heavy atom. The maximum Gasteiger partial charge on any atom is 0.250 e. The highest BCUT2D eigenvalue weighted by Gasteiger charge is 2.40. The second kappa shape index (κ2) is 4.94. The van der Waals surface area contributed by atoms with Crippen molar-refractivity contribution >= 4 is 5.91 Å². The maximum absolute atomic E-state index is 11.9. The van der Waals surface area contributed by atoms with E-state index in [1.54, 1.807) is 0 Å². The van der Waals surface area contributed by atoms with E-state index in [1.807, 2.05) is 4.90 Å². The molecule has 102 valence electrons. The molecule has 0 aromatic carbocycles. The smallest absolute Gasteiger partial charge is 0.250 e. The molecule has 2 aliphatic rings. The second-order valence-corrected chi connectivity index (χ2v) is 6.81. The zero-order valence-corrected chi connectivity index (χ0v) is 11.8. The first-order chi connectivity index (χ1) is 8.39. The molecule has 1 amide bonds. The lowest BCUT2D eigenvalue weighted by Gasteiger charge is -2.35. The number of carbonyl (C=O) groups excluding carboxylic acids is 1. The minimum absolute atomic E-state index is 0.0228. The Morgan fingerprint density at radius 2 is 1.94 bits per heavy atom. The van der Waals surface area contributed by atoms with Crippen molar-refractivity contribution in [1.82, 2.24) is 4.90 Å². The third-order valence-electron chi connectivity index (χ3n) is 4.22. The number of rotatable bonds is 3. The fraction of sp³-hybridized carbons (Fsp3) is 0.800. The van der Waals surface area contributed by atoms with Crippen LogP contribution in [0.4, 0.5) is 0 Å². The molecule has 0 spiro atoms. The summed E-state index contributed by atoms with van der Waals surface area (Å²) in [6, 6.07) is -0.147. The summed E-state index contributed by atoms with van der Waals surface area (Å²) in [5.41, 5.74) is -0.109. The van der Waals surface area contributed by atoms with Gasteiger partial charge in [0.15, 0.2) is 0 Å². The van der Waals surface area contributed by atoms with Crippen molar-refractivity contribution in [2.24, 2.45) is 11.3 Å². The van der Waals surface area contributed by atoms with E-state index in [4.69, 9.17) is 0 Å². The van der Waals surface area contributed by atoms with Gasteiger partial charge < -0.3 is 10.0 Å². The Hall–Kier alpha value is -0.990. The molecule has 0 saturated heterocycles. The molecule has 0 aromatic heterocycles. The molecule has 1 unspecified atom stereocenters. The Bertz CT molecular complexity index is 348. The molecule has 0 aromatic rings. The maximum atomic E-state index is 11.9. The summed E-state index contributed by atoms with van der Waals surface area (Å²) in [6.45, 7) is 7.00. The van der Waals surface area contributed by atoms with Crippen LogP contribution in [0.5, 0.6) is 0 Å². The number of carbonyl (C=O) groups is 1. The second-order valence-electron chi connectivity index (χ2n) is 6.81. The molecule has 0 radical (unpaired) electrons. The summed E-state index contributed by atoms with van der Waals surface area (Å²) < 4.78 is 0. The lowest BCUT2D eigenvalue weighted by atomic mass is 9.85. The normalized spacial score (nSPS) is 25.9. The zero-order valence-electron chi connectivity index (χ0n) is 11.8. The predicted octanol–water partition coefficient (Wildman–Crippen LogP) is 3.27. The lowest BCUT2D eigenvalue weighted by Crippen LogP contribution is -2.44. The van der Waals surface area contributed by atoms with Gasteiger partial charge in [0.1, 0.15) is 5.76 Å². The topological polar surface area (TPSA) is 40.5 Å². The molecule has 1 saturated carbocycles. The van der Waals surface area contributed by atoms with Gasteiger partial charge in [0.2, 0.25) is 0 Å². The highest BCUT2D eigenvalue weighted by Crippen LogP contribution is 2.34. The highest BCUT2D eigenvalue weighted by molar-refractivity contribution is 5.91. The van der Waals surface area contributed by atoms with Crippen LogP contribution in [-0.2, 0) is 4.79 Å². The molecule has 3 nitrogen and oxygen atoms in total. The van der Waals surface area contributed by atoms with Crippen LogP contribution in [0.25, 0.3) is 0 Å². The first-order valence-corrected chi connectivity index (χ1v) is 7.11. The Kier molecular flexibility index (Phi) is 3.69. The van der Waals surface area contributed by atoms with Gasteiger partial charge in [-0.1, -0.05) is 46.5 Å². The van der Waals surface area contributed by atoms with Crippen LogP contribution in [0.2, 0.25) is 0 Å². The average molecular weight is 251 g/mol. The van der Waals surface area contributed by atoms with Crippen LogP contribution < -0.4 is 0 Å². The first-order valence-electron chi connectivity index (χ1n) is 7.11. The molecular weight excluding hydrogens is 226 g/mol. The molecule has 3 heteroatoms. The Morgan fingerprint density at radius 1 is 1.33 bits per heavy atom. The summed E-state index contributed by atoms with van der Waals surface area (Å²) in [5.74, 6) is 0.991. The van der Waals surface area contributed by atoms with Gasteiger partial charge in [-0.2, -0.15) is 0 Å². The molecule has 1 atom stereocenters. The van der Waals surface area contributed by atoms with Crippen molar-refractivity contribution in [3.63, 3.8) is 0 Å². The first kappa shape index (κ1) is 13.4. The lowest BCUT2D eigenvalue weighted by molar-refractivity contribution is -0.128. The van der Waals surface area contributed by atoms with Crippen molar-refractivity contribution in [2.75, 3.05) is 6.54 Å². The molecule has 1 aliphatic heterocycles. The molecule has 1 heterocycles. The van der Waals surface area contributed by atoms with E-state index in [1.165, 1.54) is 31.8 Å². The van der Waals surface area contributed by atoms with Crippen LogP contribution in [0.3, 0.4) is 0 Å². The van der Waals surface area contributed by atoms with Crippen LogP contribution in [0, 0.1) is 11.3 Å². The van der Waals surface area contributed by atoms with Crippen LogP contribution in [0.1, 0.15) is 52.9 Å². The average Bonchev–Trinajstić information content (AvgIpc) is 2.82. The van der Waals surface area contributed by atoms with Gasteiger partial charge in [-0.3, -0.25) is 4.79 Å². The summed E-state index contributed by atoms with van der Waals surface area (Å²) >= 11 is 0. The van der Waals surface area contributed by atoms with E-state index in [-0.39, 0.29) is 23.1 Å². The standard InChI is InChI=1S/C15H25NO2/c1-15(2,3)14-12(17)10-13(18)16(14)9-8-11-6-4-5-7-11/h10-11,14,17H,4-9H2,1-3H3. The number of aliphatic hydroxyl groups excluding tert-OH is 1. The number of nitrogens with zero attached hydrogens (tertiary/aromatic N) is 1. The van der Waals surface area contributed by atoms with Gasteiger partial charge in [-0.05, 0) is 17.8 Å². The molecule has 1 fully saturated rings. The number of hydrogen-bond acceptors (Lipinski definition) is 2. The monoisotopic (exact) mass is 251 g/mol. The van der Waals surface area contributed by atoms with E-state index in [0.29, 0.717) is 0 Å². The molecule has 1 N–H and O–H groups in total. The van der Waals surface area contributed by atoms with Gasteiger partial charge in [0.25, 0.3) is 5.91 Å². The van der Waals surface area contributed by atoms with Gasteiger partial charge in [0, 0.05) is 12.6 Å². The molecular formula is C15H25NO2. The number of aliphatic hydroxyl groups is 1. The Labute approximate surface area is 110 Å². The minimum Gasteiger partial charge on any atom is -0.510 e. The van der Waals surface area contributed by atoms with Crippen LogP contribution >= 0.6 is 0 Å². The van der Waals surface area contributed by atoms with E-state index < -0.39 is 0 Å². The van der Waals surface area contributed by atoms with E-state index >= 15 is 0 Å². The van der Waals surface area contributed by atoms with E-state index in [0.717, 1.165) is 18.9 Å². The molecule has 1 aliphatic carbocycles. The fourth-order valence-electron chi connectivity index (χ4n) is 3.35. The number of amides is 1. The third kappa shape index (κ3) is 2.70. The largest absolute Gasteiger partial charge is 0.510 e. The zero-order chi connectivity index (χ0) is 13.3. The van der Waals surface area contributed by atoms with Crippen molar-refractivity contribution in [2.45, 2.75) is 58.9 Å². The predicted molar refractivity (Wildman–Crippen MR) is 72.2 cm³/mol. The van der Waals surface area contributed by atoms with Gasteiger partial charge in [-0.15, -0.1) is 0 Å². The van der Waals surface area contributed by atoms with Crippen molar-refractivity contribution < 1.29 is 9.90 Å². The van der Waals surface area contributed by atoms with Crippen molar-refractivity contribution in [3.8, 4) is 0 Å². The van der Waals surface area contributed by atoms with Gasteiger partial charge in [0.05, 0.1) is 6.04 Å². The molecule has 2 rings (SSSR count). The van der Waals surface area contributed by atoms with Gasteiger partial charge >= 0.3 is 0 Å². The molecule has 0 bridgehead atoms. The van der Waals surface area contributed by atoms with Crippen LogP contribution in [-0.4, -0.2) is 28.5 Å². The van der Waals surface area contributed by atoms with Crippen molar-refractivity contribution in [1.29, 1.82) is 0 Å². The van der Waals surface area contributed by atoms with Crippen molar-refractivity contribution in [3.05, 3.63) is 11.8 Å². The third-order valence-corrected chi connectivity index (χ3v) is 4.22. The summed E-state index contributed by atoms with van der Waals surface area (Å²) in [5, 5.41) is 9.96. The van der Waals surface area contributed by atoms with E-state index in [9.17, 15) is 9.90 Å². The summed E-state index contributed by atoms with van der Waals surface area (Å²) in [6.07, 6.45) is 7.77. The quantitative estimate of drug-likeness (QED) is 0.836. The fourth-order valence-corrected chi connectivity index (χ4v) is 3.35. The minimum atomic E-state index is -0.147. The highest BCUT2D eigenvalue weighted by atomic mass is 16.3. The summed E-state index contributed by atoms with van der Waals surface area (Å²) in [7, 11) is 0.